The lowest BCUT2D eigenvalue weighted by atomic mass is 10.1. The lowest BCUT2D eigenvalue weighted by Crippen LogP contribution is -2.28. The minimum Gasteiger partial charge on any atom is -0.294 e. The lowest BCUT2D eigenvalue weighted by Gasteiger charge is -2.18. The molecule has 0 aliphatic carbocycles. The number of nitrogens with zero attached hydrogens (tertiary/aromatic N) is 1. The fourth-order valence-corrected chi connectivity index (χ4v) is 2.19. The summed E-state index contributed by atoms with van der Waals surface area (Å²) in [6.07, 6.45) is 4.26. The molecular weight excluding hydrogens is 222 g/mol. The van der Waals surface area contributed by atoms with Gasteiger partial charge in [-0.3, -0.25) is 4.55 Å². The minimum absolute atomic E-state index is 0.671. The van der Waals surface area contributed by atoms with Gasteiger partial charge >= 0.3 is 0 Å². The Morgan fingerprint density at radius 1 is 1.00 bits per heavy atom. The van der Waals surface area contributed by atoms with Gasteiger partial charge in [0.25, 0.3) is 0 Å². The summed E-state index contributed by atoms with van der Waals surface area (Å²) in [7, 11) is 0. The highest BCUT2D eigenvalue weighted by molar-refractivity contribution is 7.76. The Bertz CT molecular complexity index is 181. The first-order valence-corrected chi connectivity index (χ1v) is 7.35. The molecule has 0 bridgehead atoms. The summed E-state index contributed by atoms with van der Waals surface area (Å²) in [6, 6.07) is 0. The van der Waals surface area contributed by atoms with Crippen molar-refractivity contribution in [1.82, 2.24) is 4.31 Å². The van der Waals surface area contributed by atoms with Crippen LogP contribution in [0.4, 0.5) is 0 Å². The van der Waals surface area contributed by atoms with Crippen molar-refractivity contribution in [3.63, 3.8) is 0 Å². The van der Waals surface area contributed by atoms with E-state index in [9.17, 15) is 4.21 Å². The first kappa shape index (κ1) is 16.1. The Balaban J connectivity index is 3.76. The van der Waals surface area contributed by atoms with Crippen LogP contribution in [0.3, 0.4) is 0 Å². The van der Waals surface area contributed by atoms with E-state index in [4.69, 9.17) is 4.55 Å². The maximum atomic E-state index is 11.1. The van der Waals surface area contributed by atoms with Gasteiger partial charge in [0.1, 0.15) is 0 Å². The van der Waals surface area contributed by atoms with Crippen LogP contribution in [0.25, 0.3) is 0 Å². The molecule has 0 saturated heterocycles. The Labute approximate surface area is 103 Å². The van der Waals surface area contributed by atoms with Gasteiger partial charge in [-0.1, -0.05) is 27.7 Å². The van der Waals surface area contributed by atoms with Gasteiger partial charge in [0, 0.05) is 13.1 Å². The van der Waals surface area contributed by atoms with Gasteiger partial charge in [0.05, 0.1) is 0 Å². The van der Waals surface area contributed by atoms with Crippen LogP contribution in [-0.2, 0) is 11.3 Å². The Hall–Kier alpha value is 0.0700. The van der Waals surface area contributed by atoms with Gasteiger partial charge in [0.15, 0.2) is 0 Å². The summed E-state index contributed by atoms with van der Waals surface area (Å²) in [5.41, 5.74) is 0. The number of rotatable bonds is 9. The van der Waals surface area contributed by atoms with E-state index in [0.717, 1.165) is 38.8 Å². The second-order valence-corrected chi connectivity index (χ2v) is 6.21. The van der Waals surface area contributed by atoms with E-state index >= 15 is 0 Å². The van der Waals surface area contributed by atoms with Crippen molar-refractivity contribution in [1.29, 1.82) is 0 Å². The molecule has 1 atom stereocenters. The van der Waals surface area contributed by atoms with Gasteiger partial charge in [-0.05, 0) is 37.5 Å². The Morgan fingerprint density at radius 2 is 1.38 bits per heavy atom. The molecule has 0 rings (SSSR count). The summed E-state index contributed by atoms with van der Waals surface area (Å²) in [5.74, 6) is 1.34. The summed E-state index contributed by atoms with van der Waals surface area (Å²) in [6.45, 7) is 10.2. The molecule has 0 fully saturated rings. The maximum Gasteiger partial charge on any atom is 0.234 e. The SMILES string of the molecule is CC(C)CCCN(CCCC(C)C)S(=O)O. The van der Waals surface area contributed by atoms with Crippen molar-refractivity contribution in [3.05, 3.63) is 0 Å². The molecule has 0 aromatic rings. The topological polar surface area (TPSA) is 40.5 Å². The fraction of sp³-hybridized carbons (Fsp3) is 1.00. The predicted octanol–water partition coefficient (Wildman–Crippen LogP) is 3.30. The molecule has 0 radical (unpaired) electrons. The first-order valence-electron chi connectivity index (χ1n) is 6.29. The lowest BCUT2D eigenvalue weighted by molar-refractivity contribution is 0.360. The highest BCUT2D eigenvalue weighted by atomic mass is 32.2. The zero-order valence-corrected chi connectivity index (χ0v) is 11.9. The third-order valence-electron chi connectivity index (χ3n) is 2.60. The van der Waals surface area contributed by atoms with E-state index < -0.39 is 11.3 Å². The molecule has 1 unspecified atom stereocenters. The molecule has 0 heterocycles. The molecule has 0 aromatic heterocycles. The molecule has 4 heteroatoms. The Kier molecular flexibility index (Phi) is 9.18. The van der Waals surface area contributed by atoms with Crippen LogP contribution in [-0.4, -0.2) is 26.2 Å². The maximum absolute atomic E-state index is 11.1. The highest BCUT2D eigenvalue weighted by Gasteiger charge is 2.10. The molecule has 0 aromatic carbocycles. The standard InChI is InChI=1S/C12H27NO2S/c1-11(2)7-5-9-13(16(14)15)10-6-8-12(3)4/h11-12H,5-10H2,1-4H3,(H,14,15). The quantitative estimate of drug-likeness (QED) is 0.637. The molecule has 0 aliphatic heterocycles. The molecule has 16 heavy (non-hydrogen) atoms. The molecule has 98 valence electrons. The van der Waals surface area contributed by atoms with E-state index in [-0.39, 0.29) is 0 Å². The van der Waals surface area contributed by atoms with Crippen molar-refractivity contribution >= 4 is 11.3 Å². The van der Waals surface area contributed by atoms with Crippen LogP contribution < -0.4 is 0 Å². The van der Waals surface area contributed by atoms with Crippen molar-refractivity contribution in [2.45, 2.75) is 53.4 Å². The van der Waals surface area contributed by atoms with Crippen molar-refractivity contribution in [2.24, 2.45) is 11.8 Å². The summed E-state index contributed by atoms with van der Waals surface area (Å²) < 4.78 is 21.9. The second-order valence-electron chi connectivity index (χ2n) is 5.23. The van der Waals surface area contributed by atoms with E-state index in [1.54, 1.807) is 4.31 Å². The number of hydrogen-bond donors (Lipinski definition) is 1. The second kappa shape index (κ2) is 9.14. The third kappa shape index (κ3) is 9.31. The van der Waals surface area contributed by atoms with Crippen LogP contribution in [0.2, 0.25) is 0 Å². The first-order chi connectivity index (χ1) is 7.43. The predicted molar refractivity (Wildman–Crippen MR) is 70.5 cm³/mol. The smallest absolute Gasteiger partial charge is 0.234 e. The van der Waals surface area contributed by atoms with Gasteiger partial charge in [-0.15, -0.1) is 0 Å². The third-order valence-corrected chi connectivity index (χ3v) is 3.41. The van der Waals surface area contributed by atoms with Crippen molar-refractivity contribution in [3.8, 4) is 0 Å². The Morgan fingerprint density at radius 3 is 1.62 bits per heavy atom. The molecule has 0 spiro atoms. The molecule has 3 nitrogen and oxygen atoms in total. The largest absolute Gasteiger partial charge is 0.294 e. The van der Waals surface area contributed by atoms with E-state index in [0.29, 0.717) is 11.8 Å². The van der Waals surface area contributed by atoms with Gasteiger partial charge < -0.3 is 0 Å². The van der Waals surface area contributed by atoms with Crippen molar-refractivity contribution < 1.29 is 8.76 Å². The average Bonchev–Trinajstić information content (AvgIpc) is 2.14. The summed E-state index contributed by atoms with van der Waals surface area (Å²) >= 11 is -1.80. The summed E-state index contributed by atoms with van der Waals surface area (Å²) in [4.78, 5) is 0. The normalized spacial score (nSPS) is 14.0. The van der Waals surface area contributed by atoms with Crippen LogP contribution in [0, 0.1) is 11.8 Å². The highest BCUT2D eigenvalue weighted by Crippen LogP contribution is 2.09. The van der Waals surface area contributed by atoms with E-state index in [2.05, 4.69) is 27.7 Å². The zero-order valence-electron chi connectivity index (χ0n) is 11.1. The van der Waals surface area contributed by atoms with Crippen LogP contribution >= 0.6 is 0 Å². The fourth-order valence-electron chi connectivity index (χ4n) is 1.62. The zero-order chi connectivity index (χ0) is 12.6. The van der Waals surface area contributed by atoms with E-state index in [1.165, 1.54) is 0 Å². The van der Waals surface area contributed by atoms with E-state index in [1.807, 2.05) is 0 Å². The molecule has 0 aliphatic rings. The van der Waals surface area contributed by atoms with Crippen molar-refractivity contribution in [2.75, 3.05) is 13.1 Å². The molecule has 0 saturated carbocycles. The average molecular weight is 249 g/mol. The van der Waals surface area contributed by atoms with Crippen LogP contribution in [0.15, 0.2) is 0 Å². The molecule has 1 N–H and O–H groups in total. The molecule has 0 amide bonds. The van der Waals surface area contributed by atoms with Crippen LogP contribution in [0.5, 0.6) is 0 Å². The van der Waals surface area contributed by atoms with Gasteiger partial charge in [0.2, 0.25) is 11.3 Å². The van der Waals surface area contributed by atoms with Gasteiger partial charge in [-0.25, -0.2) is 8.51 Å². The number of hydrogen-bond acceptors (Lipinski definition) is 1. The summed E-state index contributed by atoms with van der Waals surface area (Å²) in [5, 5.41) is 0. The molecular formula is C12H27NO2S. The van der Waals surface area contributed by atoms with Gasteiger partial charge in [-0.2, -0.15) is 0 Å². The monoisotopic (exact) mass is 249 g/mol. The van der Waals surface area contributed by atoms with Crippen LogP contribution in [0.1, 0.15) is 53.4 Å². The minimum atomic E-state index is -1.80.